The zero-order valence-corrected chi connectivity index (χ0v) is 16.2. The number of imidazole rings is 1. The van der Waals surface area contributed by atoms with Gasteiger partial charge in [0.1, 0.15) is 11.5 Å². The van der Waals surface area contributed by atoms with Gasteiger partial charge >= 0.3 is 0 Å². The largest absolute Gasteiger partial charge is 0.383 e. The lowest BCUT2D eigenvalue weighted by Crippen LogP contribution is -2.14. The van der Waals surface area contributed by atoms with E-state index in [1.165, 1.54) is 12.5 Å². The molecule has 9 nitrogen and oxygen atoms in total. The molecule has 2 aromatic carbocycles. The summed E-state index contributed by atoms with van der Waals surface area (Å²) >= 11 is 0. The lowest BCUT2D eigenvalue weighted by Gasteiger charge is -2.08. The van der Waals surface area contributed by atoms with Crippen LogP contribution in [0.5, 0.6) is 0 Å². The first-order valence-corrected chi connectivity index (χ1v) is 9.19. The highest BCUT2D eigenvalue weighted by molar-refractivity contribution is 6.03. The molecule has 0 unspecified atom stereocenters. The summed E-state index contributed by atoms with van der Waals surface area (Å²) in [6, 6.07) is 13.0. The summed E-state index contributed by atoms with van der Waals surface area (Å²) in [7, 11) is 0. The topological polar surface area (TPSA) is 137 Å². The van der Waals surface area contributed by atoms with E-state index in [4.69, 9.17) is 5.73 Å². The van der Waals surface area contributed by atoms with Gasteiger partial charge in [-0.2, -0.15) is 5.10 Å². The Hall–Kier alpha value is -4.40. The van der Waals surface area contributed by atoms with Crippen molar-refractivity contribution >= 4 is 39.7 Å². The number of carbonyl (C=O) groups excluding carboxylic acids is 1. The number of carbonyl (C=O) groups is 1. The maximum absolute atomic E-state index is 12.1. The van der Waals surface area contributed by atoms with Crippen LogP contribution >= 0.6 is 0 Å². The Morgan fingerprint density at radius 1 is 1.17 bits per heavy atom. The standard InChI is InChI=1S/C21H20N8O/c1-13(20(22)27-17-5-6-18-14(7-17)10-26-29-18)9-24-15-3-2-4-16(8-15)28-21(30)19-11-23-12-25-19/h2-12,24H,1H3,(H2,22,27)(H,23,25)(H,26,29)(H,28,30)/b13-9-. The zero-order valence-electron chi connectivity index (χ0n) is 16.2. The molecule has 30 heavy (non-hydrogen) atoms. The second-order valence-electron chi connectivity index (χ2n) is 6.61. The third-order valence-corrected chi connectivity index (χ3v) is 4.40. The average Bonchev–Trinajstić information content (AvgIpc) is 3.44. The molecule has 150 valence electrons. The number of amidine groups is 1. The number of nitrogens with two attached hydrogens (primary N) is 1. The number of fused-ring (bicyclic) bond motifs is 1. The molecule has 1 amide bonds. The van der Waals surface area contributed by atoms with Gasteiger partial charge in [-0.15, -0.1) is 0 Å². The molecule has 4 aromatic rings. The molecule has 2 heterocycles. The van der Waals surface area contributed by atoms with Gasteiger partial charge < -0.3 is 21.4 Å². The maximum atomic E-state index is 12.1. The maximum Gasteiger partial charge on any atom is 0.273 e. The molecule has 4 rings (SSSR count). The van der Waals surface area contributed by atoms with Gasteiger partial charge in [0, 0.05) is 28.5 Å². The second kappa shape index (κ2) is 8.31. The first-order chi connectivity index (χ1) is 14.6. The Balaban J connectivity index is 1.44. The van der Waals surface area contributed by atoms with Gasteiger partial charge in [0.15, 0.2) is 0 Å². The molecular weight excluding hydrogens is 380 g/mol. The number of aromatic nitrogens is 4. The number of nitrogens with one attached hydrogen (secondary N) is 4. The SMILES string of the molecule is C/C(=C/Nc1cccc(NC(=O)c2cnc[nH]2)c1)C(N)=Nc1ccc2[nH]ncc2c1. The minimum Gasteiger partial charge on any atom is -0.383 e. The third-order valence-electron chi connectivity index (χ3n) is 4.40. The van der Waals surface area contributed by atoms with Crippen molar-refractivity contribution in [3.8, 4) is 0 Å². The predicted octanol–water partition coefficient (Wildman–Crippen LogP) is 3.54. The molecule has 2 aromatic heterocycles. The Bertz CT molecular complexity index is 1240. The van der Waals surface area contributed by atoms with Crippen molar-refractivity contribution in [3.05, 3.63) is 78.7 Å². The number of anilines is 2. The van der Waals surface area contributed by atoms with E-state index in [0.29, 0.717) is 17.2 Å². The molecule has 0 fully saturated rings. The molecule has 0 atom stereocenters. The van der Waals surface area contributed by atoms with E-state index in [-0.39, 0.29) is 5.91 Å². The van der Waals surface area contributed by atoms with Crippen LogP contribution in [0.1, 0.15) is 17.4 Å². The molecule has 6 N–H and O–H groups in total. The summed E-state index contributed by atoms with van der Waals surface area (Å²) in [5.41, 5.74) is 10.4. The Labute approximate surface area is 172 Å². The number of aromatic amines is 2. The smallest absolute Gasteiger partial charge is 0.273 e. The van der Waals surface area contributed by atoms with Crippen molar-refractivity contribution in [2.45, 2.75) is 6.92 Å². The molecule has 0 spiro atoms. The average molecular weight is 400 g/mol. The van der Waals surface area contributed by atoms with Gasteiger partial charge in [0.25, 0.3) is 5.91 Å². The van der Waals surface area contributed by atoms with Crippen molar-refractivity contribution in [3.63, 3.8) is 0 Å². The lowest BCUT2D eigenvalue weighted by atomic mass is 10.2. The van der Waals surface area contributed by atoms with Crippen LogP contribution in [-0.4, -0.2) is 31.9 Å². The van der Waals surface area contributed by atoms with Crippen molar-refractivity contribution < 1.29 is 4.79 Å². The molecule has 0 aliphatic rings. The van der Waals surface area contributed by atoms with E-state index in [1.54, 1.807) is 18.5 Å². The number of aliphatic imine (C=N–C) groups is 1. The number of H-pyrrole nitrogens is 2. The van der Waals surface area contributed by atoms with E-state index < -0.39 is 0 Å². The number of benzene rings is 2. The fourth-order valence-corrected chi connectivity index (χ4v) is 2.76. The molecule has 0 saturated heterocycles. The fraction of sp³-hybridized carbons (Fsp3) is 0.0476. The fourth-order valence-electron chi connectivity index (χ4n) is 2.76. The molecule has 0 saturated carbocycles. The highest BCUT2D eigenvalue weighted by Crippen LogP contribution is 2.20. The second-order valence-corrected chi connectivity index (χ2v) is 6.61. The highest BCUT2D eigenvalue weighted by atomic mass is 16.1. The monoisotopic (exact) mass is 400 g/mol. The van der Waals surface area contributed by atoms with E-state index >= 15 is 0 Å². The molecular formula is C21H20N8O. The summed E-state index contributed by atoms with van der Waals surface area (Å²) in [5, 5.41) is 13.9. The summed E-state index contributed by atoms with van der Waals surface area (Å²) in [4.78, 5) is 23.2. The van der Waals surface area contributed by atoms with Gasteiger partial charge in [0.2, 0.25) is 0 Å². The minimum atomic E-state index is -0.262. The number of amides is 1. The Morgan fingerprint density at radius 3 is 2.87 bits per heavy atom. The lowest BCUT2D eigenvalue weighted by molar-refractivity contribution is 0.102. The molecule has 0 aliphatic carbocycles. The van der Waals surface area contributed by atoms with Crippen LogP contribution < -0.4 is 16.4 Å². The molecule has 0 aliphatic heterocycles. The molecule has 9 heteroatoms. The van der Waals surface area contributed by atoms with Gasteiger partial charge in [-0.3, -0.25) is 9.89 Å². The predicted molar refractivity (Wildman–Crippen MR) is 118 cm³/mol. The van der Waals surface area contributed by atoms with Crippen LogP contribution in [0.25, 0.3) is 10.9 Å². The van der Waals surface area contributed by atoms with Crippen molar-refractivity contribution in [2.75, 3.05) is 10.6 Å². The van der Waals surface area contributed by atoms with E-state index in [9.17, 15) is 4.79 Å². The number of hydrogen-bond donors (Lipinski definition) is 5. The van der Waals surface area contributed by atoms with Crippen LogP contribution in [0.2, 0.25) is 0 Å². The Morgan fingerprint density at radius 2 is 2.03 bits per heavy atom. The van der Waals surface area contributed by atoms with Crippen LogP contribution in [-0.2, 0) is 0 Å². The zero-order chi connectivity index (χ0) is 20.9. The molecule has 0 bridgehead atoms. The van der Waals surface area contributed by atoms with Gasteiger partial charge in [-0.1, -0.05) is 6.07 Å². The third kappa shape index (κ3) is 4.36. The van der Waals surface area contributed by atoms with Gasteiger partial charge in [-0.05, 0) is 43.3 Å². The van der Waals surface area contributed by atoms with Crippen LogP contribution in [0.4, 0.5) is 17.1 Å². The van der Waals surface area contributed by atoms with Crippen LogP contribution in [0, 0.1) is 0 Å². The van der Waals surface area contributed by atoms with Gasteiger partial charge in [-0.25, -0.2) is 9.98 Å². The molecule has 0 radical (unpaired) electrons. The van der Waals surface area contributed by atoms with Crippen LogP contribution in [0.3, 0.4) is 0 Å². The number of rotatable bonds is 6. The van der Waals surface area contributed by atoms with Crippen molar-refractivity contribution in [2.24, 2.45) is 10.7 Å². The summed E-state index contributed by atoms with van der Waals surface area (Å²) < 4.78 is 0. The van der Waals surface area contributed by atoms with Crippen molar-refractivity contribution in [1.29, 1.82) is 0 Å². The Kier molecular flexibility index (Phi) is 5.25. The number of hydrogen-bond acceptors (Lipinski definition) is 5. The summed E-state index contributed by atoms with van der Waals surface area (Å²) in [6.07, 6.45) is 6.44. The summed E-state index contributed by atoms with van der Waals surface area (Å²) in [6.45, 7) is 1.87. The first-order valence-electron chi connectivity index (χ1n) is 9.19. The first kappa shape index (κ1) is 18.9. The summed E-state index contributed by atoms with van der Waals surface area (Å²) in [5.74, 6) is 0.136. The van der Waals surface area contributed by atoms with E-state index in [0.717, 1.165) is 27.9 Å². The quantitative estimate of drug-likeness (QED) is 0.249. The van der Waals surface area contributed by atoms with E-state index in [1.807, 2.05) is 43.3 Å². The normalized spacial score (nSPS) is 12.2. The highest BCUT2D eigenvalue weighted by Gasteiger charge is 2.07. The van der Waals surface area contributed by atoms with Crippen LogP contribution in [0.15, 0.2) is 78.0 Å². The van der Waals surface area contributed by atoms with Gasteiger partial charge in [0.05, 0.1) is 29.9 Å². The minimum absolute atomic E-state index is 0.262. The van der Waals surface area contributed by atoms with E-state index in [2.05, 4.69) is 35.8 Å². The van der Waals surface area contributed by atoms with Crippen molar-refractivity contribution in [1.82, 2.24) is 20.2 Å². The number of nitrogens with zero attached hydrogens (tertiary/aromatic N) is 3.